The Kier molecular flexibility index (Phi) is 8.24. The van der Waals surface area contributed by atoms with E-state index in [9.17, 15) is 14.4 Å². The Morgan fingerprint density at radius 1 is 0.853 bits per heavy atom. The van der Waals surface area contributed by atoms with E-state index in [4.69, 9.17) is 32.7 Å². The summed E-state index contributed by atoms with van der Waals surface area (Å²) in [4.78, 5) is 37.0. The summed E-state index contributed by atoms with van der Waals surface area (Å²) in [6.45, 7) is 1.58. The molecule has 2 N–H and O–H groups in total. The number of rotatable bonds is 6. The predicted octanol–water partition coefficient (Wildman–Crippen LogP) is 4.70. The second kappa shape index (κ2) is 11.3. The van der Waals surface area contributed by atoms with Crippen LogP contribution in [0.15, 0.2) is 71.8 Å². The van der Waals surface area contributed by atoms with E-state index < -0.39 is 17.8 Å². The number of hydrogen-bond acceptors (Lipinski definition) is 6. The van der Waals surface area contributed by atoms with Crippen molar-refractivity contribution in [2.24, 2.45) is 5.10 Å². The molecule has 3 aromatic carbocycles. The van der Waals surface area contributed by atoms with E-state index in [1.54, 1.807) is 67.6 Å². The van der Waals surface area contributed by atoms with Gasteiger partial charge in [0.05, 0.1) is 29.1 Å². The molecule has 8 nitrogen and oxygen atoms in total. The van der Waals surface area contributed by atoms with E-state index >= 15 is 0 Å². The Morgan fingerprint density at radius 2 is 1.53 bits per heavy atom. The van der Waals surface area contributed by atoms with Crippen LogP contribution in [0.5, 0.6) is 11.5 Å². The van der Waals surface area contributed by atoms with Gasteiger partial charge in [0.1, 0.15) is 11.5 Å². The van der Waals surface area contributed by atoms with Crippen molar-refractivity contribution in [1.82, 2.24) is 5.43 Å². The number of ether oxygens (including phenoxy) is 2. The van der Waals surface area contributed by atoms with Crippen LogP contribution in [0.4, 0.5) is 5.69 Å². The van der Waals surface area contributed by atoms with Crippen molar-refractivity contribution in [3.8, 4) is 11.5 Å². The zero-order valence-corrected chi connectivity index (χ0v) is 19.6. The summed E-state index contributed by atoms with van der Waals surface area (Å²) in [5, 5.41) is 6.98. The van der Waals surface area contributed by atoms with Crippen molar-refractivity contribution in [3.63, 3.8) is 0 Å². The maximum Gasteiger partial charge on any atom is 0.345 e. The van der Waals surface area contributed by atoms with Gasteiger partial charge in [-0.1, -0.05) is 47.5 Å². The average Bonchev–Trinajstić information content (AvgIpc) is 2.83. The number of halogens is 2. The highest BCUT2D eigenvalue weighted by molar-refractivity contribution is 6.40. The van der Waals surface area contributed by atoms with Gasteiger partial charge in [-0.3, -0.25) is 9.59 Å². The predicted molar refractivity (Wildman–Crippen MR) is 130 cm³/mol. The number of hydrazone groups is 1. The topological polar surface area (TPSA) is 106 Å². The van der Waals surface area contributed by atoms with Gasteiger partial charge < -0.3 is 14.8 Å². The monoisotopic (exact) mass is 499 g/mol. The lowest BCUT2D eigenvalue weighted by Crippen LogP contribution is -2.33. The molecule has 0 aromatic heterocycles. The number of nitrogens with one attached hydrogen (secondary N) is 2. The SMILES string of the molecule is COc1ccc(Cl)cc1NC(=O)C(=O)NN=C(C)c1ccccc1OC(=O)c1ccccc1Cl. The third-order valence-electron chi connectivity index (χ3n) is 4.51. The third kappa shape index (κ3) is 6.12. The van der Waals surface area contributed by atoms with Gasteiger partial charge in [-0.25, -0.2) is 10.2 Å². The summed E-state index contributed by atoms with van der Waals surface area (Å²) in [6, 6.07) is 17.7. The molecule has 0 unspecified atom stereocenters. The number of para-hydroxylation sites is 1. The number of anilines is 1. The molecule has 0 aliphatic carbocycles. The fourth-order valence-electron chi connectivity index (χ4n) is 2.84. The number of benzene rings is 3. The van der Waals surface area contributed by atoms with E-state index in [0.29, 0.717) is 22.0 Å². The van der Waals surface area contributed by atoms with Crippen LogP contribution >= 0.6 is 23.2 Å². The normalized spacial score (nSPS) is 10.9. The number of carbonyl (C=O) groups excluding carboxylic acids is 3. The molecule has 0 atom stereocenters. The highest BCUT2D eigenvalue weighted by Crippen LogP contribution is 2.27. The number of carbonyl (C=O) groups is 3. The maximum absolute atomic E-state index is 12.5. The molecule has 0 fully saturated rings. The lowest BCUT2D eigenvalue weighted by atomic mass is 10.1. The smallest absolute Gasteiger partial charge is 0.345 e. The van der Waals surface area contributed by atoms with Gasteiger partial charge in [-0.2, -0.15) is 5.10 Å². The molecule has 2 amide bonds. The second-order valence-electron chi connectivity index (χ2n) is 6.80. The first-order chi connectivity index (χ1) is 16.3. The second-order valence-corrected chi connectivity index (χ2v) is 7.65. The van der Waals surface area contributed by atoms with Gasteiger partial charge in [-0.05, 0) is 49.4 Å². The summed E-state index contributed by atoms with van der Waals surface area (Å²) < 4.78 is 10.6. The molecule has 3 rings (SSSR count). The van der Waals surface area contributed by atoms with Crippen LogP contribution in [0.1, 0.15) is 22.8 Å². The zero-order chi connectivity index (χ0) is 24.7. The van der Waals surface area contributed by atoms with Gasteiger partial charge >= 0.3 is 17.8 Å². The molecule has 0 heterocycles. The minimum absolute atomic E-state index is 0.204. The van der Waals surface area contributed by atoms with Crippen LogP contribution < -0.4 is 20.2 Å². The minimum atomic E-state index is -1.02. The first-order valence-electron chi connectivity index (χ1n) is 9.85. The molecule has 0 bridgehead atoms. The van der Waals surface area contributed by atoms with Crippen molar-refractivity contribution in [1.29, 1.82) is 0 Å². The van der Waals surface area contributed by atoms with Gasteiger partial charge in [0, 0.05) is 10.6 Å². The molecule has 10 heteroatoms. The number of nitrogens with zero attached hydrogens (tertiary/aromatic N) is 1. The minimum Gasteiger partial charge on any atom is -0.495 e. The molecular weight excluding hydrogens is 481 g/mol. The van der Waals surface area contributed by atoms with Crippen LogP contribution in [0, 0.1) is 0 Å². The Morgan fingerprint density at radius 3 is 2.24 bits per heavy atom. The summed E-state index contributed by atoms with van der Waals surface area (Å²) in [5.41, 5.74) is 3.34. The van der Waals surface area contributed by atoms with Crippen LogP contribution in [0.25, 0.3) is 0 Å². The molecule has 0 saturated carbocycles. The summed E-state index contributed by atoms with van der Waals surface area (Å²) in [6.07, 6.45) is 0. The van der Waals surface area contributed by atoms with Crippen molar-refractivity contribution < 1.29 is 23.9 Å². The van der Waals surface area contributed by atoms with E-state index in [0.717, 1.165) is 0 Å². The molecular formula is C24H19Cl2N3O5. The van der Waals surface area contributed by atoms with E-state index in [-0.39, 0.29) is 22.0 Å². The summed E-state index contributed by atoms with van der Waals surface area (Å²) in [7, 11) is 1.42. The summed E-state index contributed by atoms with van der Waals surface area (Å²) >= 11 is 12.0. The fraction of sp³-hybridized carbons (Fsp3) is 0.0833. The van der Waals surface area contributed by atoms with Crippen LogP contribution in [-0.2, 0) is 9.59 Å². The van der Waals surface area contributed by atoms with Crippen molar-refractivity contribution >= 4 is 52.4 Å². The van der Waals surface area contributed by atoms with Gasteiger partial charge in [0.25, 0.3) is 0 Å². The highest BCUT2D eigenvalue weighted by atomic mass is 35.5. The largest absolute Gasteiger partial charge is 0.495 e. The third-order valence-corrected chi connectivity index (χ3v) is 5.08. The van der Waals surface area contributed by atoms with Crippen LogP contribution in [0.3, 0.4) is 0 Å². The first kappa shape index (κ1) is 24.8. The number of hydrogen-bond donors (Lipinski definition) is 2. The molecule has 0 spiro atoms. The van der Waals surface area contributed by atoms with E-state index in [1.807, 2.05) is 0 Å². The lowest BCUT2D eigenvalue weighted by Gasteiger charge is -2.11. The fourth-order valence-corrected chi connectivity index (χ4v) is 3.22. The Bertz CT molecular complexity index is 1280. The first-order valence-corrected chi connectivity index (χ1v) is 10.6. The standard InChI is InChI=1S/C24H19Cl2N3O5/c1-14(28-29-23(31)22(30)27-19-13-15(25)11-12-21(19)33-2)16-7-4-6-10-20(16)34-24(32)17-8-3-5-9-18(17)26/h3-13H,1-2H3,(H,27,30)(H,29,31). The summed E-state index contributed by atoms with van der Waals surface area (Å²) in [5.74, 6) is -2.11. The van der Waals surface area contributed by atoms with Crippen LogP contribution in [0.2, 0.25) is 10.0 Å². The average molecular weight is 500 g/mol. The van der Waals surface area contributed by atoms with Crippen molar-refractivity contribution in [3.05, 3.63) is 87.9 Å². The van der Waals surface area contributed by atoms with Crippen molar-refractivity contribution in [2.45, 2.75) is 6.92 Å². The molecule has 0 aliphatic rings. The Labute approximate surface area is 205 Å². The van der Waals surface area contributed by atoms with E-state index in [1.165, 1.54) is 13.2 Å². The van der Waals surface area contributed by atoms with Gasteiger partial charge in [0.2, 0.25) is 0 Å². The molecule has 0 saturated heterocycles. The van der Waals surface area contributed by atoms with E-state index in [2.05, 4.69) is 15.8 Å². The molecule has 0 aliphatic heterocycles. The van der Waals surface area contributed by atoms with Crippen LogP contribution in [-0.4, -0.2) is 30.6 Å². The number of methoxy groups -OCH3 is 1. The van der Waals surface area contributed by atoms with Gasteiger partial charge in [-0.15, -0.1) is 0 Å². The quantitative estimate of drug-likeness (QED) is 0.168. The maximum atomic E-state index is 12.5. The molecule has 3 aromatic rings. The number of amides is 2. The highest BCUT2D eigenvalue weighted by Gasteiger charge is 2.18. The Hall–Kier alpha value is -3.88. The lowest BCUT2D eigenvalue weighted by molar-refractivity contribution is -0.136. The van der Waals surface area contributed by atoms with Gasteiger partial charge in [0.15, 0.2) is 0 Å². The molecule has 174 valence electrons. The zero-order valence-electron chi connectivity index (χ0n) is 18.1. The molecule has 0 radical (unpaired) electrons. The molecule has 34 heavy (non-hydrogen) atoms. The number of esters is 1. The van der Waals surface area contributed by atoms with Crippen molar-refractivity contribution in [2.75, 3.05) is 12.4 Å². The Balaban J connectivity index is 1.71.